The first-order valence-electron chi connectivity index (χ1n) is 10.5. The van der Waals surface area contributed by atoms with Gasteiger partial charge in [-0.15, -0.1) is 0 Å². The summed E-state index contributed by atoms with van der Waals surface area (Å²) in [5, 5.41) is 2.21. The Hall–Kier alpha value is -3.15. The smallest absolute Gasteiger partial charge is 0.417 e. The lowest BCUT2D eigenvalue weighted by Crippen LogP contribution is -2.48. The van der Waals surface area contributed by atoms with Crippen LogP contribution in [0, 0.1) is 0 Å². The maximum Gasteiger partial charge on any atom is 0.417 e. The van der Waals surface area contributed by atoms with E-state index in [2.05, 4.69) is 10.3 Å². The molecule has 12 heteroatoms. The summed E-state index contributed by atoms with van der Waals surface area (Å²) in [7, 11) is -3.85. The molecule has 2 aliphatic heterocycles. The minimum absolute atomic E-state index is 0.0261. The topological polar surface area (TPSA) is 106 Å². The number of pyridine rings is 1. The fourth-order valence-corrected chi connectivity index (χ4v) is 4.80. The van der Waals surface area contributed by atoms with E-state index in [1.165, 1.54) is 0 Å². The molecule has 0 aliphatic carbocycles. The van der Waals surface area contributed by atoms with Gasteiger partial charge in [0.15, 0.2) is 14.9 Å². The van der Waals surface area contributed by atoms with Crippen LogP contribution >= 0.6 is 0 Å². The molecule has 0 spiro atoms. The highest BCUT2D eigenvalue weighted by atomic mass is 32.2. The van der Waals surface area contributed by atoms with Crippen LogP contribution in [0.5, 0.6) is 0 Å². The number of sulfone groups is 1. The van der Waals surface area contributed by atoms with Gasteiger partial charge in [-0.1, -0.05) is 24.3 Å². The lowest BCUT2D eigenvalue weighted by molar-refractivity contribution is -0.138. The zero-order valence-corrected chi connectivity index (χ0v) is 18.9. The van der Waals surface area contributed by atoms with Crippen molar-refractivity contribution in [2.45, 2.75) is 36.0 Å². The molecular formula is C22H22F3N3O5S. The fraction of sp³-hybridized carbons (Fsp3) is 0.409. The first-order chi connectivity index (χ1) is 15.9. The van der Waals surface area contributed by atoms with Crippen molar-refractivity contribution in [3.63, 3.8) is 0 Å². The lowest BCUT2D eigenvalue weighted by atomic mass is 9.90. The van der Waals surface area contributed by atoms with E-state index in [1.807, 2.05) is 0 Å². The van der Waals surface area contributed by atoms with Crippen LogP contribution < -0.4 is 5.32 Å². The van der Waals surface area contributed by atoms with Crippen molar-refractivity contribution in [1.29, 1.82) is 0 Å². The number of likely N-dealkylation sites (tertiary alicyclic amines) is 1. The molecule has 2 amide bonds. The largest absolute Gasteiger partial charge is 0.447 e. The monoisotopic (exact) mass is 497 g/mol. The third-order valence-electron chi connectivity index (χ3n) is 5.90. The summed E-state index contributed by atoms with van der Waals surface area (Å²) in [6.45, 7) is 1.26. The van der Waals surface area contributed by atoms with E-state index in [9.17, 15) is 31.2 Å². The highest BCUT2D eigenvalue weighted by Crippen LogP contribution is 2.35. The molecule has 2 fully saturated rings. The van der Waals surface area contributed by atoms with E-state index in [0.717, 1.165) is 17.9 Å². The van der Waals surface area contributed by atoms with Crippen LogP contribution in [0.1, 0.15) is 29.9 Å². The standard InChI is InChI=1S/C22H22F3N3O5S/c1-34(31,32)20-18(8-16(9-26-20)22(23,24)25)14-4-2-13(3-5-14)15-10-28(11-15)19(29)7-6-17-12-33-21(30)27-17/h2-5,8-9,15,17H,6-7,10-12H2,1H3,(H,27,30)/t17-/m1/s1. The number of cyclic esters (lactones) is 1. The summed E-state index contributed by atoms with van der Waals surface area (Å²) in [5.74, 6) is 0.0448. The molecule has 2 saturated heterocycles. The minimum Gasteiger partial charge on any atom is -0.447 e. The lowest BCUT2D eigenvalue weighted by Gasteiger charge is -2.40. The number of halogens is 3. The van der Waals surface area contributed by atoms with Crippen LogP contribution in [-0.4, -0.2) is 62.3 Å². The number of amides is 2. The van der Waals surface area contributed by atoms with Crippen LogP contribution in [0.25, 0.3) is 11.1 Å². The van der Waals surface area contributed by atoms with E-state index in [1.54, 1.807) is 29.2 Å². The van der Waals surface area contributed by atoms with Gasteiger partial charge in [0.25, 0.3) is 0 Å². The second kappa shape index (κ2) is 8.90. The van der Waals surface area contributed by atoms with E-state index in [-0.39, 0.29) is 36.5 Å². The highest BCUT2D eigenvalue weighted by molar-refractivity contribution is 7.90. The Morgan fingerprint density at radius 3 is 2.47 bits per heavy atom. The quantitative estimate of drug-likeness (QED) is 0.658. The Bertz CT molecular complexity index is 1210. The molecule has 0 radical (unpaired) electrons. The summed E-state index contributed by atoms with van der Waals surface area (Å²) in [5.41, 5.74) is 0.0501. The summed E-state index contributed by atoms with van der Waals surface area (Å²) in [6, 6.07) is 7.20. The minimum atomic E-state index is -4.66. The molecule has 2 aromatic rings. The third kappa shape index (κ3) is 5.16. The van der Waals surface area contributed by atoms with Gasteiger partial charge in [-0.05, 0) is 23.6 Å². The number of alkyl halides is 3. The molecule has 1 N–H and O–H groups in total. The number of aromatic nitrogens is 1. The third-order valence-corrected chi connectivity index (χ3v) is 6.93. The number of carbonyl (C=O) groups is 2. The van der Waals surface area contributed by atoms with Crippen molar-refractivity contribution in [1.82, 2.24) is 15.2 Å². The average molecular weight is 497 g/mol. The van der Waals surface area contributed by atoms with Crippen LogP contribution in [0.15, 0.2) is 41.6 Å². The number of rotatable bonds is 6. The van der Waals surface area contributed by atoms with Crippen LogP contribution in [0.2, 0.25) is 0 Å². The number of alkyl carbamates (subject to hydrolysis) is 1. The second-order valence-corrected chi connectivity index (χ2v) is 10.4. The van der Waals surface area contributed by atoms with Crippen molar-refractivity contribution in [3.8, 4) is 11.1 Å². The number of hydrogen-bond acceptors (Lipinski definition) is 6. The van der Waals surface area contributed by atoms with Gasteiger partial charge in [0.1, 0.15) is 6.61 Å². The van der Waals surface area contributed by atoms with Crippen molar-refractivity contribution < 1.29 is 35.9 Å². The molecule has 0 bridgehead atoms. The van der Waals surface area contributed by atoms with Crippen LogP contribution in [-0.2, 0) is 25.5 Å². The average Bonchev–Trinajstić information content (AvgIpc) is 3.15. The van der Waals surface area contributed by atoms with Crippen molar-refractivity contribution >= 4 is 21.8 Å². The number of hydrogen-bond donors (Lipinski definition) is 1. The van der Waals surface area contributed by atoms with Gasteiger partial charge < -0.3 is 15.0 Å². The maximum absolute atomic E-state index is 13.2. The summed E-state index contributed by atoms with van der Waals surface area (Å²) in [6.07, 6.45) is -2.94. The van der Waals surface area contributed by atoms with Crippen molar-refractivity contribution in [2.24, 2.45) is 0 Å². The molecule has 8 nitrogen and oxygen atoms in total. The zero-order valence-electron chi connectivity index (χ0n) is 18.1. The molecule has 0 saturated carbocycles. The van der Waals surface area contributed by atoms with E-state index >= 15 is 0 Å². The van der Waals surface area contributed by atoms with Gasteiger partial charge in [0.2, 0.25) is 5.91 Å². The Kier molecular flexibility index (Phi) is 6.28. The van der Waals surface area contributed by atoms with Gasteiger partial charge in [0.05, 0.1) is 11.6 Å². The number of carbonyl (C=O) groups excluding carboxylic acids is 2. The predicted molar refractivity (Wildman–Crippen MR) is 115 cm³/mol. The molecule has 4 rings (SSSR count). The summed E-state index contributed by atoms with van der Waals surface area (Å²) >= 11 is 0. The zero-order chi connectivity index (χ0) is 24.7. The normalized spacial score (nSPS) is 18.9. The summed E-state index contributed by atoms with van der Waals surface area (Å²) in [4.78, 5) is 28.6. The fourth-order valence-electron chi connectivity index (χ4n) is 3.98. The molecule has 0 unspecified atom stereocenters. The van der Waals surface area contributed by atoms with Gasteiger partial charge >= 0.3 is 12.3 Å². The molecule has 1 atom stereocenters. The number of nitrogens with one attached hydrogen (secondary N) is 1. The first kappa shape index (κ1) is 24.0. The van der Waals surface area contributed by atoms with E-state index in [4.69, 9.17) is 4.74 Å². The Morgan fingerprint density at radius 1 is 1.24 bits per heavy atom. The Labute approximate surface area is 194 Å². The van der Waals surface area contributed by atoms with Crippen molar-refractivity contribution in [3.05, 3.63) is 47.7 Å². The molecule has 1 aromatic carbocycles. The molecule has 182 valence electrons. The Morgan fingerprint density at radius 2 is 1.91 bits per heavy atom. The summed E-state index contributed by atoms with van der Waals surface area (Å²) < 4.78 is 68.4. The van der Waals surface area contributed by atoms with Gasteiger partial charge in [-0.25, -0.2) is 18.2 Å². The van der Waals surface area contributed by atoms with Crippen LogP contribution in [0.3, 0.4) is 0 Å². The second-order valence-electron chi connectivity index (χ2n) is 8.44. The van der Waals surface area contributed by atoms with E-state index < -0.39 is 32.7 Å². The van der Waals surface area contributed by atoms with Gasteiger partial charge in [-0.3, -0.25) is 4.79 Å². The Balaban J connectivity index is 1.42. The van der Waals surface area contributed by atoms with Gasteiger partial charge in [-0.2, -0.15) is 13.2 Å². The highest BCUT2D eigenvalue weighted by Gasteiger charge is 2.34. The van der Waals surface area contributed by atoms with Crippen LogP contribution in [0.4, 0.5) is 18.0 Å². The SMILES string of the molecule is CS(=O)(=O)c1ncc(C(F)(F)F)cc1-c1ccc(C2CN(C(=O)CC[C@@H]3COC(=O)N3)C2)cc1. The molecular weight excluding hydrogens is 475 g/mol. The number of nitrogens with zero attached hydrogens (tertiary/aromatic N) is 2. The van der Waals surface area contributed by atoms with Crippen molar-refractivity contribution in [2.75, 3.05) is 26.0 Å². The van der Waals surface area contributed by atoms with Gasteiger partial charge in [0, 0.05) is 43.4 Å². The molecule has 34 heavy (non-hydrogen) atoms. The number of ether oxygens (including phenoxy) is 1. The van der Waals surface area contributed by atoms with E-state index in [0.29, 0.717) is 31.3 Å². The molecule has 1 aromatic heterocycles. The first-order valence-corrected chi connectivity index (χ1v) is 12.4. The predicted octanol–water partition coefficient (Wildman–Crippen LogP) is 2.99. The molecule has 2 aliphatic rings. The molecule has 3 heterocycles. The maximum atomic E-state index is 13.2. The number of benzene rings is 1.